The van der Waals surface area contributed by atoms with Crippen LogP contribution >= 0.6 is 0 Å². The fourth-order valence-electron chi connectivity index (χ4n) is 4.01. The summed E-state index contributed by atoms with van der Waals surface area (Å²) in [6, 6.07) is 11.8. The molecule has 0 unspecified atom stereocenters. The molecular formula is C22H28N4O5S2. The predicted molar refractivity (Wildman–Crippen MR) is 125 cm³/mol. The van der Waals surface area contributed by atoms with E-state index in [0.29, 0.717) is 25.1 Å². The van der Waals surface area contributed by atoms with E-state index in [0.717, 1.165) is 31.5 Å². The first-order valence-electron chi connectivity index (χ1n) is 10.9. The third-order valence-electron chi connectivity index (χ3n) is 5.66. The van der Waals surface area contributed by atoms with Crippen molar-refractivity contribution in [3.8, 4) is 5.75 Å². The third-order valence-corrected chi connectivity index (χ3v) is 7.89. The number of rotatable bonds is 8. The van der Waals surface area contributed by atoms with Gasteiger partial charge in [-0.25, -0.2) is 13.6 Å². The van der Waals surface area contributed by atoms with Crippen molar-refractivity contribution in [3.63, 3.8) is 0 Å². The lowest BCUT2D eigenvalue weighted by Gasteiger charge is -2.26. The number of sulfonamides is 2. The summed E-state index contributed by atoms with van der Waals surface area (Å²) >= 11 is 0. The largest absolute Gasteiger partial charge is 0.494 e. The highest BCUT2D eigenvalue weighted by Crippen LogP contribution is 2.27. The monoisotopic (exact) mass is 492 g/mol. The van der Waals surface area contributed by atoms with Crippen molar-refractivity contribution in [1.82, 2.24) is 10.2 Å². The second-order valence-electron chi connectivity index (χ2n) is 8.23. The minimum atomic E-state index is -4.01. The van der Waals surface area contributed by atoms with Crippen LogP contribution < -0.4 is 15.2 Å². The Morgan fingerprint density at radius 3 is 2.64 bits per heavy atom. The first-order valence-corrected chi connectivity index (χ1v) is 13.9. The van der Waals surface area contributed by atoms with Gasteiger partial charge in [-0.2, -0.15) is 8.42 Å². The zero-order chi connectivity index (χ0) is 23.5. The van der Waals surface area contributed by atoms with Crippen molar-refractivity contribution >= 4 is 25.9 Å². The Morgan fingerprint density at radius 1 is 1.09 bits per heavy atom. The van der Waals surface area contributed by atoms with Gasteiger partial charge in [0.1, 0.15) is 16.5 Å². The van der Waals surface area contributed by atoms with Gasteiger partial charge in [0.2, 0.25) is 10.0 Å². The van der Waals surface area contributed by atoms with Gasteiger partial charge in [-0.15, -0.1) is 4.40 Å². The van der Waals surface area contributed by atoms with E-state index in [1.54, 1.807) is 0 Å². The smallest absolute Gasteiger partial charge is 0.285 e. The second-order valence-corrected chi connectivity index (χ2v) is 11.4. The number of primary sulfonamides is 1. The number of nitrogens with zero attached hydrogens (tertiary/aromatic N) is 2. The highest BCUT2D eigenvalue weighted by Gasteiger charge is 2.30. The van der Waals surface area contributed by atoms with Crippen molar-refractivity contribution in [2.24, 2.45) is 9.54 Å². The van der Waals surface area contributed by atoms with E-state index < -0.39 is 20.0 Å². The van der Waals surface area contributed by atoms with Gasteiger partial charge in [-0.3, -0.25) is 4.90 Å². The molecule has 178 valence electrons. The standard InChI is InChI=1S/C22H28N4O5S2/c23-32(27,28)19-8-9-20-21(15-19)33(29,30)25-22(20)24-10-5-13-31-18-7-4-6-17(14-18)16-26-11-2-1-3-12-26/h4,6-9,14-15H,1-3,5,10-13,16H2,(H,24,25)(H2,23,27,28). The van der Waals surface area contributed by atoms with Gasteiger partial charge >= 0.3 is 0 Å². The zero-order valence-electron chi connectivity index (χ0n) is 18.2. The van der Waals surface area contributed by atoms with Gasteiger partial charge in [-0.1, -0.05) is 18.6 Å². The van der Waals surface area contributed by atoms with E-state index in [1.165, 1.54) is 37.0 Å². The maximum atomic E-state index is 12.3. The molecule has 1 fully saturated rings. The number of amidine groups is 1. The van der Waals surface area contributed by atoms with Crippen LogP contribution in [0, 0.1) is 0 Å². The molecule has 0 aromatic heterocycles. The van der Waals surface area contributed by atoms with Crippen LogP contribution in [0.1, 0.15) is 36.8 Å². The number of likely N-dealkylation sites (tertiary alicyclic amines) is 1. The maximum absolute atomic E-state index is 12.3. The molecule has 11 heteroatoms. The Hall–Kier alpha value is -2.47. The molecule has 0 radical (unpaired) electrons. The lowest BCUT2D eigenvalue weighted by atomic mass is 10.1. The molecule has 0 saturated carbocycles. The van der Waals surface area contributed by atoms with Crippen LogP contribution in [-0.2, 0) is 26.6 Å². The van der Waals surface area contributed by atoms with Crippen LogP contribution in [0.15, 0.2) is 56.7 Å². The number of fused-ring (bicyclic) bond motifs is 1. The van der Waals surface area contributed by atoms with Gasteiger partial charge in [0.25, 0.3) is 10.0 Å². The molecule has 0 amide bonds. The normalized spacial score (nSPS) is 17.9. The van der Waals surface area contributed by atoms with E-state index >= 15 is 0 Å². The summed E-state index contributed by atoms with van der Waals surface area (Å²) < 4.78 is 57.2. The van der Waals surface area contributed by atoms with Gasteiger partial charge in [0.05, 0.1) is 11.5 Å². The van der Waals surface area contributed by atoms with Crippen LogP contribution in [0.5, 0.6) is 5.75 Å². The summed E-state index contributed by atoms with van der Waals surface area (Å²) in [5, 5.41) is 8.11. The summed E-state index contributed by atoms with van der Waals surface area (Å²) in [6.45, 7) is 4.11. The van der Waals surface area contributed by atoms with Crippen molar-refractivity contribution in [3.05, 3.63) is 53.6 Å². The Balaban J connectivity index is 1.28. The van der Waals surface area contributed by atoms with E-state index in [4.69, 9.17) is 9.88 Å². The van der Waals surface area contributed by atoms with E-state index in [-0.39, 0.29) is 15.6 Å². The average Bonchev–Trinajstić information content (AvgIpc) is 3.03. The zero-order valence-corrected chi connectivity index (χ0v) is 19.9. The topological polar surface area (TPSA) is 131 Å². The van der Waals surface area contributed by atoms with Crippen molar-refractivity contribution < 1.29 is 21.6 Å². The summed E-state index contributed by atoms with van der Waals surface area (Å²) in [6.07, 6.45) is 4.45. The van der Waals surface area contributed by atoms with Crippen LogP contribution in [0.4, 0.5) is 0 Å². The summed E-state index contributed by atoms with van der Waals surface area (Å²) in [5.41, 5.74) is 1.56. The molecule has 2 aromatic rings. The summed E-state index contributed by atoms with van der Waals surface area (Å²) in [5.74, 6) is 1.00. The first-order chi connectivity index (χ1) is 15.7. The van der Waals surface area contributed by atoms with Crippen molar-refractivity contribution in [1.29, 1.82) is 0 Å². The lowest BCUT2D eigenvalue weighted by Crippen LogP contribution is -2.29. The van der Waals surface area contributed by atoms with Gasteiger partial charge < -0.3 is 10.1 Å². The number of benzene rings is 2. The maximum Gasteiger partial charge on any atom is 0.285 e. The molecule has 3 N–H and O–H groups in total. The summed E-state index contributed by atoms with van der Waals surface area (Å²) in [4.78, 5) is 2.03. The highest BCUT2D eigenvalue weighted by molar-refractivity contribution is 7.91. The Kier molecular flexibility index (Phi) is 7.03. The Bertz CT molecular complexity index is 1250. The first kappa shape index (κ1) is 23.7. The fraction of sp³-hybridized carbons (Fsp3) is 0.409. The van der Waals surface area contributed by atoms with E-state index in [1.807, 2.05) is 12.1 Å². The number of ether oxygens (including phenoxy) is 1. The molecule has 2 aromatic carbocycles. The molecule has 0 atom stereocenters. The van der Waals surface area contributed by atoms with Gasteiger partial charge in [0, 0.05) is 18.7 Å². The van der Waals surface area contributed by atoms with Crippen LogP contribution in [0.2, 0.25) is 0 Å². The second kappa shape index (κ2) is 9.80. The Morgan fingerprint density at radius 2 is 1.88 bits per heavy atom. The number of nitrogens with one attached hydrogen (secondary N) is 1. The molecule has 2 aliphatic rings. The molecule has 4 rings (SSSR count). The molecule has 33 heavy (non-hydrogen) atoms. The SMILES string of the molecule is NS(=O)(=O)c1ccc2c(c1)S(=O)(=O)N=C2NCCCOc1cccc(CN2CCCCC2)c1. The number of hydrogen-bond donors (Lipinski definition) is 2. The van der Waals surface area contributed by atoms with E-state index in [2.05, 4.69) is 26.7 Å². The molecule has 9 nitrogen and oxygen atoms in total. The predicted octanol–water partition coefficient (Wildman–Crippen LogP) is 1.83. The molecule has 1 saturated heterocycles. The average molecular weight is 493 g/mol. The lowest BCUT2D eigenvalue weighted by molar-refractivity contribution is 0.220. The third kappa shape index (κ3) is 5.91. The van der Waals surface area contributed by atoms with Crippen LogP contribution in [0.3, 0.4) is 0 Å². The fourth-order valence-corrected chi connectivity index (χ4v) is 5.85. The highest BCUT2D eigenvalue weighted by atomic mass is 32.2. The summed E-state index contributed by atoms with van der Waals surface area (Å²) in [7, 11) is -7.98. The van der Waals surface area contributed by atoms with Crippen molar-refractivity contribution in [2.45, 2.75) is 42.0 Å². The number of nitrogens with two attached hydrogens (primary N) is 1. The van der Waals surface area contributed by atoms with Crippen LogP contribution in [0.25, 0.3) is 0 Å². The Labute approximate surface area is 194 Å². The van der Waals surface area contributed by atoms with Crippen molar-refractivity contribution in [2.75, 3.05) is 26.2 Å². The van der Waals surface area contributed by atoms with Gasteiger partial charge in [-0.05, 0) is 68.2 Å². The molecule has 2 aliphatic heterocycles. The van der Waals surface area contributed by atoms with Crippen LogP contribution in [-0.4, -0.2) is 53.8 Å². The van der Waals surface area contributed by atoms with Gasteiger partial charge in [0.15, 0.2) is 0 Å². The molecule has 0 spiro atoms. The number of piperidine rings is 1. The van der Waals surface area contributed by atoms with E-state index in [9.17, 15) is 16.8 Å². The molecule has 2 heterocycles. The minimum absolute atomic E-state index is 0.168. The number of hydrogen-bond acceptors (Lipinski definition) is 7. The molecule has 0 bridgehead atoms. The quantitative estimate of drug-likeness (QED) is 0.538. The minimum Gasteiger partial charge on any atom is -0.494 e. The molecule has 0 aliphatic carbocycles. The molecular weight excluding hydrogens is 464 g/mol.